The van der Waals surface area contributed by atoms with Gasteiger partial charge in [-0.15, -0.1) is 0 Å². The standard InChI is InChI=1S/C15H31N/c1-14(2,3)11-12-7-9-13(10-8-12)16-15(4,5)6/h12-13,16H,7-11H2,1-6H3. The van der Waals surface area contributed by atoms with Gasteiger partial charge in [-0.25, -0.2) is 0 Å². The van der Waals surface area contributed by atoms with Crippen LogP contribution in [0.1, 0.15) is 73.6 Å². The second-order valence-corrected chi connectivity index (χ2v) is 7.88. The molecule has 0 spiro atoms. The Balaban J connectivity index is 2.29. The summed E-state index contributed by atoms with van der Waals surface area (Å²) in [6.45, 7) is 13.9. The Hall–Kier alpha value is -0.0400. The Labute approximate surface area is 102 Å². The van der Waals surface area contributed by atoms with Gasteiger partial charge in [-0.3, -0.25) is 0 Å². The van der Waals surface area contributed by atoms with Crippen LogP contribution in [0.2, 0.25) is 0 Å². The van der Waals surface area contributed by atoms with Crippen LogP contribution in [0.5, 0.6) is 0 Å². The smallest absolute Gasteiger partial charge is 0.00990 e. The summed E-state index contributed by atoms with van der Waals surface area (Å²) in [5.41, 5.74) is 0.788. The van der Waals surface area contributed by atoms with Crippen molar-refractivity contribution in [2.45, 2.75) is 85.2 Å². The van der Waals surface area contributed by atoms with Gasteiger partial charge in [-0.1, -0.05) is 20.8 Å². The number of nitrogens with one attached hydrogen (secondary N) is 1. The molecular formula is C15H31N. The molecule has 1 fully saturated rings. The molecule has 0 aromatic heterocycles. The van der Waals surface area contributed by atoms with E-state index in [-0.39, 0.29) is 5.54 Å². The van der Waals surface area contributed by atoms with Gasteiger partial charge in [0.05, 0.1) is 0 Å². The van der Waals surface area contributed by atoms with Gasteiger partial charge in [0.25, 0.3) is 0 Å². The molecule has 1 saturated carbocycles. The zero-order valence-electron chi connectivity index (χ0n) is 12.2. The van der Waals surface area contributed by atoms with Crippen molar-refractivity contribution in [3.05, 3.63) is 0 Å². The first-order valence-corrected chi connectivity index (χ1v) is 6.93. The highest BCUT2D eigenvalue weighted by Crippen LogP contribution is 2.34. The lowest BCUT2D eigenvalue weighted by molar-refractivity contribution is 0.199. The Morgan fingerprint density at radius 3 is 1.75 bits per heavy atom. The predicted molar refractivity (Wildman–Crippen MR) is 72.7 cm³/mol. The van der Waals surface area contributed by atoms with Gasteiger partial charge < -0.3 is 5.32 Å². The third kappa shape index (κ3) is 5.89. The molecule has 0 atom stereocenters. The fraction of sp³-hybridized carbons (Fsp3) is 1.00. The van der Waals surface area contributed by atoms with Gasteiger partial charge in [0, 0.05) is 11.6 Å². The molecule has 0 amide bonds. The Bertz CT molecular complexity index is 174. The molecule has 0 heterocycles. The van der Waals surface area contributed by atoms with Gasteiger partial charge >= 0.3 is 0 Å². The zero-order valence-corrected chi connectivity index (χ0v) is 12.2. The Morgan fingerprint density at radius 1 is 0.875 bits per heavy atom. The van der Waals surface area contributed by atoms with E-state index in [2.05, 4.69) is 46.9 Å². The molecule has 1 aliphatic carbocycles. The molecule has 0 bridgehead atoms. The van der Waals surface area contributed by atoms with E-state index in [0.717, 1.165) is 12.0 Å². The third-order valence-electron chi connectivity index (χ3n) is 3.38. The SMILES string of the molecule is CC(C)(C)CC1CCC(NC(C)(C)C)CC1. The minimum absolute atomic E-state index is 0.279. The highest BCUT2D eigenvalue weighted by atomic mass is 15.0. The summed E-state index contributed by atoms with van der Waals surface area (Å²) in [5.74, 6) is 0.970. The minimum atomic E-state index is 0.279. The molecule has 0 aromatic rings. The topological polar surface area (TPSA) is 12.0 Å². The van der Waals surface area contributed by atoms with Gasteiger partial charge in [-0.05, 0) is 64.2 Å². The van der Waals surface area contributed by atoms with Gasteiger partial charge in [0.1, 0.15) is 0 Å². The molecule has 1 N–H and O–H groups in total. The van der Waals surface area contributed by atoms with E-state index < -0.39 is 0 Å². The fourth-order valence-corrected chi connectivity index (χ4v) is 2.99. The Kier molecular flexibility index (Phi) is 4.45. The highest BCUT2D eigenvalue weighted by Gasteiger charge is 2.26. The largest absolute Gasteiger partial charge is 0.309 e. The van der Waals surface area contributed by atoms with Crippen molar-refractivity contribution in [2.75, 3.05) is 0 Å². The van der Waals surface area contributed by atoms with Crippen LogP contribution in [0.25, 0.3) is 0 Å². The van der Waals surface area contributed by atoms with Crippen LogP contribution in [-0.4, -0.2) is 11.6 Å². The lowest BCUT2D eigenvalue weighted by atomic mass is 9.76. The molecule has 1 rings (SSSR count). The molecule has 0 radical (unpaired) electrons. The fourth-order valence-electron chi connectivity index (χ4n) is 2.99. The first kappa shape index (κ1) is 14.0. The van der Waals surface area contributed by atoms with E-state index in [1.165, 1.54) is 32.1 Å². The van der Waals surface area contributed by atoms with Crippen molar-refractivity contribution in [1.82, 2.24) is 5.32 Å². The molecular weight excluding hydrogens is 194 g/mol. The van der Waals surface area contributed by atoms with E-state index in [9.17, 15) is 0 Å². The van der Waals surface area contributed by atoms with Crippen molar-refractivity contribution < 1.29 is 0 Å². The van der Waals surface area contributed by atoms with Crippen LogP contribution < -0.4 is 5.32 Å². The summed E-state index contributed by atoms with van der Waals surface area (Å²) in [6.07, 6.45) is 6.99. The first-order valence-electron chi connectivity index (χ1n) is 6.93. The predicted octanol–water partition coefficient (Wildman–Crippen LogP) is 4.37. The second kappa shape index (κ2) is 5.08. The molecule has 1 aliphatic rings. The number of rotatable bonds is 2. The van der Waals surface area contributed by atoms with Crippen LogP contribution in [-0.2, 0) is 0 Å². The van der Waals surface area contributed by atoms with Crippen molar-refractivity contribution >= 4 is 0 Å². The minimum Gasteiger partial charge on any atom is -0.309 e. The molecule has 96 valence electrons. The first-order chi connectivity index (χ1) is 7.16. The van der Waals surface area contributed by atoms with E-state index >= 15 is 0 Å². The molecule has 1 nitrogen and oxygen atoms in total. The number of hydrogen-bond acceptors (Lipinski definition) is 1. The van der Waals surface area contributed by atoms with Crippen molar-refractivity contribution in [2.24, 2.45) is 11.3 Å². The van der Waals surface area contributed by atoms with Crippen LogP contribution in [0, 0.1) is 11.3 Å². The summed E-state index contributed by atoms with van der Waals surface area (Å²) < 4.78 is 0. The summed E-state index contributed by atoms with van der Waals surface area (Å²) >= 11 is 0. The van der Waals surface area contributed by atoms with Gasteiger partial charge in [-0.2, -0.15) is 0 Å². The van der Waals surface area contributed by atoms with Gasteiger partial charge in [0.2, 0.25) is 0 Å². The average Bonchev–Trinajstić information content (AvgIpc) is 2.03. The molecule has 1 heteroatoms. The maximum absolute atomic E-state index is 3.74. The maximum atomic E-state index is 3.74. The zero-order chi connectivity index (χ0) is 12.4. The van der Waals surface area contributed by atoms with Crippen LogP contribution in [0.15, 0.2) is 0 Å². The normalized spacial score (nSPS) is 28.1. The summed E-state index contributed by atoms with van der Waals surface area (Å²) in [6, 6.07) is 0.760. The van der Waals surface area contributed by atoms with Crippen LogP contribution >= 0.6 is 0 Å². The van der Waals surface area contributed by atoms with Crippen LogP contribution in [0.4, 0.5) is 0 Å². The van der Waals surface area contributed by atoms with E-state index in [0.29, 0.717) is 5.41 Å². The van der Waals surface area contributed by atoms with Crippen molar-refractivity contribution in [1.29, 1.82) is 0 Å². The maximum Gasteiger partial charge on any atom is 0.00990 e. The molecule has 0 aliphatic heterocycles. The monoisotopic (exact) mass is 225 g/mol. The van der Waals surface area contributed by atoms with E-state index in [1.807, 2.05) is 0 Å². The highest BCUT2D eigenvalue weighted by molar-refractivity contribution is 4.84. The van der Waals surface area contributed by atoms with Crippen LogP contribution in [0.3, 0.4) is 0 Å². The van der Waals surface area contributed by atoms with E-state index in [4.69, 9.17) is 0 Å². The third-order valence-corrected chi connectivity index (χ3v) is 3.38. The summed E-state index contributed by atoms with van der Waals surface area (Å²) in [7, 11) is 0. The lowest BCUT2D eigenvalue weighted by Gasteiger charge is -2.36. The summed E-state index contributed by atoms with van der Waals surface area (Å²) in [5, 5.41) is 3.74. The lowest BCUT2D eigenvalue weighted by Crippen LogP contribution is -2.45. The Morgan fingerprint density at radius 2 is 1.38 bits per heavy atom. The van der Waals surface area contributed by atoms with Crippen molar-refractivity contribution in [3.8, 4) is 0 Å². The second-order valence-electron chi connectivity index (χ2n) is 7.88. The van der Waals surface area contributed by atoms with Gasteiger partial charge in [0.15, 0.2) is 0 Å². The molecule has 0 saturated heterocycles. The summed E-state index contributed by atoms with van der Waals surface area (Å²) in [4.78, 5) is 0. The molecule has 16 heavy (non-hydrogen) atoms. The van der Waals surface area contributed by atoms with E-state index in [1.54, 1.807) is 0 Å². The van der Waals surface area contributed by atoms with Crippen molar-refractivity contribution in [3.63, 3.8) is 0 Å². The molecule has 0 aromatic carbocycles. The number of hydrogen-bond donors (Lipinski definition) is 1. The quantitative estimate of drug-likeness (QED) is 0.736. The average molecular weight is 225 g/mol. The molecule has 0 unspecified atom stereocenters.